The summed E-state index contributed by atoms with van der Waals surface area (Å²) in [4.78, 5) is 23.7. The van der Waals surface area contributed by atoms with Gasteiger partial charge in [-0.3, -0.25) is 9.36 Å². The summed E-state index contributed by atoms with van der Waals surface area (Å²) in [6, 6.07) is 11.8. The zero-order valence-electron chi connectivity index (χ0n) is 12.9. The van der Waals surface area contributed by atoms with Crippen molar-refractivity contribution in [2.75, 3.05) is 13.2 Å². The van der Waals surface area contributed by atoms with E-state index in [0.717, 1.165) is 0 Å². The standard InChI is InChI=1S/C17H13Cl2NO5/c18-11-4-3-5-12(19)16(11)24-9-8-23-15(21)10-20-13-6-1-2-7-14(13)25-17(20)22/h1-7H,8-10H2. The lowest BCUT2D eigenvalue weighted by molar-refractivity contribution is -0.145. The van der Waals surface area contributed by atoms with Crippen LogP contribution in [0, 0.1) is 0 Å². The van der Waals surface area contributed by atoms with E-state index >= 15 is 0 Å². The molecular formula is C17H13Cl2NO5. The van der Waals surface area contributed by atoms with Gasteiger partial charge in [0.15, 0.2) is 11.3 Å². The quantitative estimate of drug-likeness (QED) is 0.482. The second-order valence-corrected chi connectivity index (χ2v) is 5.86. The van der Waals surface area contributed by atoms with Crippen LogP contribution >= 0.6 is 23.2 Å². The molecule has 1 heterocycles. The smallest absolute Gasteiger partial charge is 0.420 e. The minimum Gasteiger partial charge on any atom is -0.487 e. The molecule has 0 saturated carbocycles. The number of aromatic nitrogens is 1. The molecule has 0 radical (unpaired) electrons. The van der Waals surface area contributed by atoms with Crippen LogP contribution in [0.25, 0.3) is 11.1 Å². The molecule has 2 aromatic carbocycles. The summed E-state index contributed by atoms with van der Waals surface area (Å²) in [5, 5.41) is 0.741. The Hall–Kier alpha value is -2.44. The van der Waals surface area contributed by atoms with E-state index in [1.165, 1.54) is 4.57 Å². The lowest BCUT2D eigenvalue weighted by Gasteiger charge is -2.10. The summed E-state index contributed by atoms with van der Waals surface area (Å²) < 4.78 is 16.8. The third kappa shape index (κ3) is 3.97. The second-order valence-electron chi connectivity index (χ2n) is 5.04. The van der Waals surface area contributed by atoms with Crippen molar-refractivity contribution in [2.24, 2.45) is 0 Å². The van der Waals surface area contributed by atoms with Gasteiger partial charge < -0.3 is 13.9 Å². The van der Waals surface area contributed by atoms with Crippen LogP contribution in [0.2, 0.25) is 10.0 Å². The zero-order chi connectivity index (χ0) is 17.8. The summed E-state index contributed by atoms with van der Waals surface area (Å²) in [7, 11) is 0. The third-order valence-corrected chi connectivity index (χ3v) is 3.97. The van der Waals surface area contributed by atoms with E-state index in [0.29, 0.717) is 26.9 Å². The van der Waals surface area contributed by atoms with Crippen LogP contribution in [-0.4, -0.2) is 23.8 Å². The van der Waals surface area contributed by atoms with Crippen molar-refractivity contribution in [1.82, 2.24) is 4.57 Å². The molecular weight excluding hydrogens is 369 g/mol. The fourth-order valence-corrected chi connectivity index (χ4v) is 2.76. The van der Waals surface area contributed by atoms with Gasteiger partial charge in [-0.05, 0) is 24.3 Å². The van der Waals surface area contributed by atoms with Crippen molar-refractivity contribution in [3.8, 4) is 5.75 Å². The van der Waals surface area contributed by atoms with Gasteiger partial charge in [0.1, 0.15) is 19.8 Å². The highest BCUT2D eigenvalue weighted by Gasteiger charge is 2.13. The number of rotatable bonds is 6. The monoisotopic (exact) mass is 381 g/mol. The van der Waals surface area contributed by atoms with Crippen LogP contribution in [0.5, 0.6) is 5.75 Å². The average molecular weight is 382 g/mol. The largest absolute Gasteiger partial charge is 0.487 e. The van der Waals surface area contributed by atoms with Crippen LogP contribution in [0.1, 0.15) is 0 Å². The molecule has 8 heteroatoms. The number of para-hydroxylation sites is 3. The van der Waals surface area contributed by atoms with E-state index in [1.807, 2.05) is 0 Å². The number of halogens is 2. The first-order valence-electron chi connectivity index (χ1n) is 7.37. The van der Waals surface area contributed by atoms with Crippen molar-refractivity contribution >= 4 is 40.3 Å². The third-order valence-electron chi connectivity index (χ3n) is 3.37. The van der Waals surface area contributed by atoms with Crippen molar-refractivity contribution in [2.45, 2.75) is 6.54 Å². The summed E-state index contributed by atoms with van der Waals surface area (Å²) in [6.45, 7) is -0.177. The van der Waals surface area contributed by atoms with E-state index in [4.69, 9.17) is 37.1 Å². The molecule has 3 aromatic rings. The van der Waals surface area contributed by atoms with Crippen molar-refractivity contribution < 1.29 is 18.7 Å². The van der Waals surface area contributed by atoms with Gasteiger partial charge in [-0.1, -0.05) is 41.4 Å². The Kier molecular flexibility index (Phi) is 5.31. The summed E-state index contributed by atoms with van der Waals surface area (Å²) in [5.41, 5.74) is 0.945. The number of esters is 1. The average Bonchev–Trinajstić information content (AvgIpc) is 2.89. The lowest BCUT2D eigenvalue weighted by atomic mass is 10.3. The Morgan fingerprint density at radius 1 is 1.04 bits per heavy atom. The van der Waals surface area contributed by atoms with Gasteiger partial charge in [0.05, 0.1) is 15.6 Å². The first-order valence-corrected chi connectivity index (χ1v) is 8.12. The number of benzene rings is 2. The summed E-state index contributed by atoms with van der Waals surface area (Å²) in [6.07, 6.45) is 0. The molecule has 0 amide bonds. The topological polar surface area (TPSA) is 70.7 Å². The Morgan fingerprint density at radius 2 is 1.76 bits per heavy atom. The Balaban J connectivity index is 1.55. The number of ether oxygens (including phenoxy) is 2. The molecule has 0 bridgehead atoms. The number of oxazole rings is 1. The van der Waals surface area contributed by atoms with Gasteiger partial charge in [-0.2, -0.15) is 0 Å². The molecule has 6 nitrogen and oxygen atoms in total. The minimum absolute atomic E-state index is 0.00901. The molecule has 0 saturated heterocycles. The summed E-state index contributed by atoms with van der Waals surface area (Å²) >= 11 is 11.9. The fourth-order valence-electron chi connectivity index (χ4n) is 2.26. The van der Waals surface area contributed by atoms with Crippen molar-refractivity contribution in [3.63, 3.8) is 0 Å². The number of carbonyl (C=O) groups excluding carboxylic acids is 1. The second kappa shape index (κ2) is 7.63. The molecule has 0 aliphatic rings. The number of hydrogen-bond donors (Lipinski definition) is 0. The molecule has 0 aliphatic heterocycles. The summed E-state index contributed by atoms with van der Waals surface area (Å²) in [5.74, 6) is -0.862. The van der Waals surface area contributed by atoms with E-state index < -0.39 is 11.7 Å². The zero-order valence-corrected chi connectivity index (χ0v) is 14.4. The predicted molar refractivity (Wildman–Crippen MR) is 93.4 cm³/mol. The molecule has 0 N–H and O–H groups in total. The number of hydrogen-bond acceptors (Lipinski definition) is 5. The maximum Gasteiger partial charge on any atom is 0.420 e. The Morgan fingerprint density at radius 3 is 2.52 bits per heavy atom. The Bertz CT molecular complexity index is 943. The molecule has 130 valence electrons. The molecule has 25 heavy (non-hydrogen) atoms. The maximum absolute atomic E-state index is 11.9. The normalized spacial score (nSPS) is 10.8. The van der Waals surface area contributed by atoms with Crippen LogP contribution in [0.3, 0.4) is 0 Å². The highest BCUT2D eigenvalue weighted by molar-refractivity contribution is 6.37. The first kappa shape index (κ1) is 17.4. The highest BCUT2D eigenvalue weighted by atomic mass is 35.5. The van der Waals surface area contributed by atoms with E-state index in [-0.39, 0.29) is 19.8 Å². The number of carbonyl (C=O) groups is 1. The number of fused-ring (bicyclic) bond motifs is 1. The Labute approximate surface area is 152 Å². The van der Waals surface area contributed by atoms with E-state index in [2.05, 4.69) is 0 Å². The highest BCUT2D eigenvalue weighted by Crippen LogP contribution is 2.32. The van der Waals surface area contributed by atoms with Crippen LogP contribution < -0.4 is 10.5 Å². The van der Waals surface area contributed by atoms with Gasteiger partial charge in [-0.25, -0.2) is 4.79 Å². The molecule has 0 atom stereocenters. The molecule has 0 unspecified atom stereocenters. The van der Waals surface area contributed by atoms with Crippen molar-refractivity contribution in [3.05, 3.63) is 63.1 Å². The number of nitrogens with zero attached hydrogens (tertiary/aromatic N) is 1. The first-order chi connectivity index (χ1) is 12.1. The SMILES string of the molecule is O=C(Cn1c(=O)oc2ccccc21)OCCOc1c(Cl)cccc1Cl. The van der Waals surface area contributed by atoms with E-state index in [1.54, 1.807) is 42.5 Å². The molecule has 0 fully saturated rings. The fraction of sp³-hybridized carbons (Fsp3) is 0.176. The van der Waals surface area contributed by atoms with Crippen molar-refractivity contribution in [1.29, 1.82) is 0 Å². The van der Waals surface area contributed by atoms with Gasteiger partial charge in [0, 0.05) is 0 Å². The van der Waals surface area contributed by atoms with Crippen LogP contribution in [0.15, 0.2) is 51.7 Å². The van der Waals surface area contributed by atoms with Gasteiger partial charge >= 0.3 is 11.7 Å². The lowest BCUT2D eigenvalue weighted by Crippen LogP contribution is -2.23. The maximum atomic E-state index is 11.9. The predicted octanol–water partition coefficient (Wildman–Crippen LogP) is 3.52. The molecule has 1 aromatic heterocycles. The molecule has 0 spiro atoms. The van der Waals surface area contributed by atoms with E-state index in [9.17, 15) is 9.59 Å². The van der Waals surface area contributed by atoms with Gasteiger partial charge in [0.2, 0.25) is 0 Å². The molecule has 0 aliphatic carbocycles. The van der Waals surface area contributed by atoms with Gasteiger partial charge in [-0.15, -0.1) is 0 Å². The minimum atomic E-state index is -0.614. The van der Waals surface area contributed by atoms with Crippen LogP contribution in [0.4, 0.5) is 0 Å². The molecule has 3 rings (SSSR count). The van der Waals surface area contributed by atoms with Crippen LogP contribution in [-0.2, 0) is 16.1 Å². The van der Waals surface area contributed by atoms with Gasteiger partial charge in [0.25, 0.3) is 0 Å².